The summed E-state index contributed by atoms with van der Waals surface area (Å²) in [4.78, 5) is 19.4. The lowest BCUT2D eigenvalue weighted by molar-refractivity contribution is 0.0697. The molecule has 0 unspecified atom stereocenters. The first-order chi connectivity index (χ1) is 14.7. The van der Waals surface area contributed by atoms with Crippen LogP contribution in [-0.4, -0.2) is 60.8 Å². The summed E-state index contributed by atoms with van der Waals surface area (Å²) < 4.78 is 5.50. The third kappa shape index (κ3) is 4.44. The van der Waals surface area contributed by atoms with Crippen LogP contribution in [0.2, 0.25) is 0 Å². The highest BCUT2D eigenvalue weighted by Crippen LogP contribution is 2.28. The van der Waals surface area contributed by atoms with Crippen molar-refractivity contribution in [1.82, 2.24) is 9.88 Å². The molecule has 3 aromatic rings. The molecule has 0 spiro atoms. The zero-order valence-electron chi connectivity index (χ0n) is 17.4. The van der Waals surface area contributed by atoms with Crippen molar-refractivity contribution in [3.63, 3.8) is 0 Å². The van der Waals surface area contributed by atoms with E-state index in [1.165, 1.54) is 11.3 Å². The fourth-order valence-corrected chi connectivity index (χ4v) is 4.27. The van der Waals surface area contributed by atoms with Crippen molar-refractivity contribution in [3.05, 3.63) is 59.8 Å². The molecular formula is C24H29N3O3. The molecule has 1 aliphatic heterocycles. The van der Waals surface area contributed by atoms with Gasteiger partial charge in [-0.1, -0.05) is 12.1 Å². The smallest absolute Gasteiger partial charge is 0.335 e. The van der Waals surface area contributed by atoms with Gasteiger partial charge in [-0.15, -0.1) is 0 Å². The average molecular weight is 408 g/mol. The minimum atomic E-state index is -0.878. The third-order valence-corrected chi connectivity index (χ3v) is 5.98. The van der Waals surface area contributed by atoms with E-state index in [-0.39, 0.29) is 0 Å². The van der Waals surface area contributed by atoms with Crippen LogP contribution in [0.5, 0.6) is 5.75 Å². The Morgan fingerprint density at radius 1 is 1.10 bits per heavy atom. The number of aromatic carboxylic acids is 1. The highest BCUT2D eigenvalue weighted by molar-refractivity contribution is 5.94. The topological polar surface area (TPSA) is 68.8 Å². The van der Waals surface area contributed by atoms with Gasteiger partial charge in [0.25, 0.3) is 0 Å². The summed E-state index contributed by atoms with van der Waals surface area (Å²) >= 11 is 0. The van der Waals surface area contributed by atoms with Gasteiger partial charge < -0.3 is 19.7 Å². The molecule has 0 aliphatic carbocycles. The van der Waals surface area contributed by atoms with E-state index in [9.17, 15) is 9.90 Å². The highest BCUT2D eigenvalue weighted by Gasteiger charge is 2.19. The lowest BCUT2D eigenvalue weighted by Gasteiger charge is -2.36. The highest BCUT2D eigenvalue weighted by atomic mass is 16.5. The number of rotatable bonds is 8. The molecule has 2 aromatic carbocycles. The van der Waals surface area contributed by atoms with Gasteiger partial charge in [-0.05, 0) is 61.7 Å². The van der Waals surface area contributed by atoms with Crippen LogP contribution >= 0.6 is 0 Å². The molecule has 1 aliphatic rings. The maximum Gasteiger partial charge on any atom is 0.335 e. The van der Waals surface area contributed by atoms with Gasteiger partial charge >= 0.3 is 5.97 Å². The molecule has 1 saturated heterocycles. The van der Waals surface area contributed by atoms with Crippen LogP contribution < -0.4 is 9.64 Å². The van der Waals surface area contributed by atoms with Crippen LogP contribution in [-0.2, 0) is 6.42 Å². The van der Waals surface area contributed by atoms with Gasteiger partial charge in [-0.25, -0.2) is 4.79 Å². The van der Waals surface area contributed by atoms with Crippen LogP contribution in [0.1, 0.15) is 28.8 Å². The average Bonchev–Trinajstić information content (AvgIpc) is 3.19. The molecule has 0 bridgehead atoms. The van der Waals surface area contributed by atoms with E-state index in [1.807, 2.05) is 24.4 Å². The number of anilines is 1. The molecule has 0 atom stereocenters. The number of carboxylic acids is 1. The number of benzene rings is 2. The number of nitrogens with zero attached hydrogens (tertiary/aromatic N) is 2. The number of carboxylic acid groups (broad SMARTS) is 1. The molecule has 0 radical (unpaired) electrons. The summed E-state index contributed by atoms with van der Waals surface area (Å²) in [6, 6.07) is 13.5. The maximum absolute atomic E-state index is 11.2. The van der Waals surface area contributed by atoms with E-state index in [0.29, 0.717) is 5.56 Å². The fourth-order valence-electron chi connectivity index (χ4n) is 4.27. The first kappa shape index (κ1) is 20.3. The van der Waals surface area contributed by atoms with Crippen LogP contribution in [0.25, 0.3) is 10.9 Å². The van der Waals surface area contributed by atoms with Crippen molar-refractivity contribution in [2.45, 2.75) is 19.3 Å². The lowest BCUT2D eigenvalue weighted by atomic mass is 10.0. The number of aromatic nitrogens is 1. The Kier molecular flexibility index (Phi) is 6.23. The lowest BCUT2D eigenvalue weighted by Crippen LogP contribution is -2.46. The number of piperazine rings is 1. The van der Waals surface area contributed by atoms with Gasteiger partial charge in [-0.2, -0.15) is 0 Å². The molecule has 2 heterocycles. The van der Waals surface area contributed by atoms with Crippen LogP contribution in [0, 0.1) is 0 Å². The first-order valence-electron chi connectivity index (χ1n) is 10.6. The Morgan fingerprint density at radius 2 is 1.90 bits per heavy atom. The van der Waals surface area contributed by atoms with Gasteiger partial charge in [0.2, 0.25) is 0 Å². The minimum Gasteiger partial charge on any atom is -0.495 e. The number of carbonyl (C=O) groups is 1. The second kappa shape index (κ2) is 9.22. The van der Waals surface area contributed by atoms with E-state index in [0.717, 1.165) is 68.6 Å². The molecule has 6 nitrogen and oxygen atoms in total. The molecule has 0 amide bonds. The summed E-state index contributed by atoms with van der Waals surface area (Å²) in [6.07, 6.45) is 5.21. The number of fused-ring (bicyclic) bond motifs is 1. The Labute approximate surface area is 177 Å². The first-order valence-corrected chi connectivity index (χ1v) is 10.6. The predicted molar refractivity (Wildman–Crippen MR) is 120 cm³/mol. The number of nitrogens with one attached hydrogen (secondary N) is 1. The molecular weight excluding hydrogens is 378 g/mol. The van der Waals surface area contributed by atoms with Crippen molar-refractivity contribution in [2.75, 3.05) is 44.7 Å². The summed E-state index contributed by atoms with van der Waals surface area (Å²) in [6.45, 7) is 5.25. The summed E-state index contributed by atoms with van der Waals surface area (Å²) in [5, 5.41) is 10.3. The number of aromatic amines is 1. The predicted octanol–water partition coefficient (Wildman–Crippen LogP) is 4.02. The zero-order valence-corrected chi connectivity index (χ0v) is 17.4. The van der Waals surface area contributed by atoms with E-state index in [4.69, 9.17) is 4.74 Å². The maximum atomic E-state index is 11.2. The number of para-hydroxylation sites is 2. The number of hydrogen-bond acceptors (Lipinski definition) is 4. The van der Waals surface area contributed by atoms with Gasteiger partial charge in [0.05, 0.1) is 18.4 Å². The zero-order chi connectivity index (χ0) is 20.9. The molecule has 1 aromatic heterocycles. The van der Waals surface area contributed by atoms with E-state index in [1.54, 1.807) is 19.2 Å². The molecule has 1 fully saturated rings. The number of ether oxygens (including phenoxy) is 1. The van der Waals surface area contributed by atoms with E-state index in [2.05, 4.69) is 26.9 Å². The number of methoxy groups -OCH3 is 1. The van der Waals surface area contributed by atoms with Crippen molar-refractivity contribution in [2.24, 2.45) is 0 Å². The van der Waals surface area contributed by atoms with Crippen LogP contribution in [0.3, 0.4) is 0 Å². The largest absolute Gasteiger partial charge is 0.495 e. The third-order valence-electron chi connectivity index (χ3n) is 5.98. The quantitative estimate of drug-likeness (QED) is 0.552. The van der Waals surface area contributed by atoms with Crippen molar-refractivity contribution in [3.8, 4) is 5.75 Å². The molecule has 4 rings (SSSR count). The Morgan fingerprint density at radius 3 is 2.67 bits per heavy atom. The molecule has 158 valence electrons. The second-order valence-corrected chi connectivity index (χ2v) is 7.84. The van der Waals surface area contributed by atoms with Crippen molar-refractivity contribution >= 4 is 22.6 Å². The van der Waals surface area contributed by atoms with Gasteiger partial charge in [0, 0.05) is 43.3 Å². The van der Waals surface area contributed by atoms with E-state index >= 15 is 0 Å². The molecule has 0 saturated carbocycles. The summed E-state index contributed by atoms with van der Waals surface area (Å²) in [5.74, 6) is 0.0621. The number of aryl methyl sites for hydroxylation is 1. The number of unbranched alkanes of at least 4 members (excludes halogenated alkanes) is 1. The van der Waals surface area contributed by atoms with Crippen molar-refractivity contribution in [1.29, 1.82) is 0 Å². The Balaban J connectivity index is 1.25. The summed E-state index contributed by atoms with van der Waals surface area (Å²) in [7, 11) is 1.73. The van der Waals surface area contributed by atoms with Crippen molar-refractivity contribution < 1.29 is 14.6 Å². The second-order valence-electron chi connectivity index (χ2n) is 7.84. The molecule has 2 N–H and O–H groups in total. The van der Waals surface area contributed by atoms with Gasteiger partial charge in [0.1, 0.15) is 5.75 Å². The monoisotopic (exact) mass is 407 g/mol. The van der Waals surface area contributed by atoms with Crippen LogP contribution in [0.4, 0.5) is 5.69 Å². The standard InChI is InChI=1S/C24H29N3O3/c1-30-23-8-3-2-7-22(23)27-14-12-26(13-15-27)11-5-4-6-19-17-25-21-10-9-18(24(28)29)16-20(19)21/h2-3,7-10,16-17,25H,4-6,11-15H2,1H3,(H,28,29). The number of hydrogen-bond donors (Lipinski definition) is 2. The Hall–Kier alpha value is -2.99. The normalized spacial score (nSPS) is 14.9. The van der Waals surface area contributed by atoms with Crippen LogP contribution in [0.15, 0.2) is 48.7 Å². The summed E-state index contributed by atoms with van der Waals surface area (Å²) in [5.41, 5.74) is 3.73. The van der Waals surface area contributed by atoms with Gasteiger partial charge in [0.15, 0.2) is 0 Å². The molecule has 6 heteroatoms. The van der Waals surface area contributed by atoms with E-state index < -0.39 is 5.97 Å². The minimum absolute atomic E-state index is 0.344. The fraction of sp³-hybridized carbons (Fsp3) is 0.375. The number of H-pyrrole nitrogens is 1. The Bertz CT molecular complexity index is 1010. The van der Waals surface area contributed by atoms with Gasteiger partial charge in [-0.3, -0.25) is 4.90 Å². The molecule has 30 heavy (non-hydrogen) atoms. The SMILES string of the molecule is COc1ccccc1N1CCN(CCCCc2c[nH]c3ccc(C(=O)O)cc23)CC1.